The molecule has 0 bridgehead atoms. The molecule has 2 unspecified atom stereocenters. The van der Waals surface area contributed by atoms with Gasteiger partial charge in [-0.1, -0.05) is 0 Å². The zero-order chi connectivity index (χ0) is 20.5. The van der Waals surface area contributed by atoms with Crippen LogP contribution in [0.4, 0.5) is 19.1 Å². The number of hydrogen-bond acceptors (Lipinski definition) is 5. The quantitative estimate of drug-likeness (QED) is 0.820. The Morgan fingerprint density at radius 3 is 2.61 bits per heavy atom. The molecular formula is C19H27F3N4O2. The normalized spacial score (nSPS) is 23.0. The monoisotopic (exact) mass is 400 g/mol. The van der Waals surface area contributed by atoms with Gasteiger partial charge in [-0.2, -0.15) is 13.2 Å². The van der Waals surface area contributed by atoms with Crippen molar-refractivity contribution in [1.29, 1.82) is 0 Å². The number of alkyl halides is 3. The average molecular weight is 400 g/mol. The summed E-state index contributed by atoms with van der Waals surface area (Å²) in [7, 11) is 3.90. The zero-order valence-electron chi connectivity index (χ0n) is 16.3. The molecule has 0 amide bonds. The molecule has 2 aliphatic rings. The Hall–Kier alpha value is -1.90. The van der Waals surface area contributed by atoms with Crippen LogP contribution in [0.1, 0.15) is 49.1 Å². The largest absolute Gasteiger partial charge is 0.481 e. The van der Waals surface area contributed by atoms with Crippen molar-refractivity contribution in [2.75, 3.05) is 32.1 Å². The lowest BCUT2D eigenvalue weighted by atomic mass is 9.87. The van der Waals surface area contributed by atoms with Crippen molar-refractivity contribution in [3.8, 4) is 0 Å². The molecule has 1 aliphatic carbocycles. The van der Waals surface area contributed by atoms with Gasteiger partial charge in [-0.15, -0.1) is 0 Å². The van der Waals surface area contributed by atoms with Crippen molar-refractivity contribution < 1.29 is 23.1 Å². The third-order valence-electron chi connectivity index (χ3n) is 5.81. The van der Waals surface area contributed by atoms with Crippen molar-refractivity contribution in [1.82, 2.24) is 14.9 Å². The highest BCUT2D eigenvalue weighted by atomic mass is 19.4. The van der Waals surface area contributed by atoms with Crippen molar-refractivity contribution >= 4 is 11.9 Å². The Morgan fingerprint density at radius 1 is 1.25 bits per heavy atom. The Kier molecular flexibility index (Phi) is 6.12. The van der Waals surface area contributed by atoms with Crippen molar-refractivity contribution in [2.24, 2.45) is 5.92 Å². The van der Waals surface area contributed by atoms with E-state index >= 15 is 0 Å². The number of anilines is 1. The number of halogens is 3. The van der Waals surface area contributed by atoms with Crippen LogP contribution < -0.4 is 4.90 Å². The minimum absolute atomic E-state index is 0.0359. The van der Waals surface area contributed by atoms with E-state index in [1.807, 2.05) is 14.1 Å². The lowest BCUT2D eigenvalue weighted by Crippen LogP contribution is -2.49. The second-order valence-electron chi connectivity index (χ2n) is 7.96. The SMILES string of the molecule is CN(C)C1CCN(c2nc3c(c(C(F)(F)F)n2)CCCC3)CC1CCC(=O)O. The smallest absolute Gasteiger partial charge is 0.433 e. The predicted octanol–water partition coefficient (Wildman–Crippen LogP) is 3.00. The highest BCUT2D eigenvalue weighted by molar-refractivity contribution is 5.66. The number of nitrogens with zero attached hydrogens (tertiary/aromatic N) is 4. The third-order valence-corrected chi connectivity index (χ3v) is 5.81. The molecule has 0 aromatic carbocycles. The lowest BCUT2D eigenvalue weighted by Gasteiger charge is -2.42. The van der Waals surface area contributed by atoms with Gasteiger partial charge in [0.05, 0.1) is 0 Å². The number of aryl methyl sites for hydroxylation is 1. The minimum atomic E-state index is -4.50. The summed E-state index contributed by atoms with van der Waals surface area (Å²) in [6.07, 6.45) is -0.760. The average Bonchev–Trinajstić information content (AvgIpc) is 2.64. The number of carbonyl (C=O) groups is 1. The van der Waals surface area contributed by atoms with E-state index in [1.54, 1.807) is 4.90 Å². The molecule has 2 heterocycles. The molecule has 1 fully saturated rings. The highest BCUT2D eigenvalue weighted by Crippen LogP contribution is 2.36. The highest BCUT2D eigenvalue weighted by Gasteiger charge is 2.39. The fraction of sp³-hybridized carbons (Fsp3) is 0.737. The summed E-state index contributed by atoms with van der Waals surface area (Å²) in [5, 5.41) is 9.03. The topological polar surface area (TPSA) is 69.6 Å². The van der Waals surface area contributed by atoms with Crippen LogP contribution in [0.15, 0.2) is 0 Å². The Balaban J connectivity index is 1.89. The van der Waals surface area contributed by atoms with Gasteiger partial charge >= 0.3 is 12.1 Å². The zero-order valence-corrected chi connectivity index (χ0v) is 16.3. The summed E-state index contributed by atoms with van der Waals surface area (Å²) in [5.74, 6) is -0.696. The molecule has 1 aromatic heterocycles. The summed E-state index contributed by atoms with van der Waals surface area (Å²) in [6.45, 7) is 1.02. The fourth-order valence-electron chi connectivity index (χ4n) is 4.43. The van der Waals surface area contributed by atoms with Gasteiger partial charge in [-0.05, 0) is 58.5 Å². The van der Waals surface area contributed by atoms with Gasteiger partial charge in [0.15, 0.2) is 5.69 Å². The number of rotatable bonds is 5. The maximum absolute atomic E-state index is 13.6. The Morgan fingerprint density at radius 2 is 1.96 bits per heavy atom. The molecule has 28 heavy (non-hydrogen) atoms. The molecule has 1 N–H and O–H groups in total. The lowest BCUT2D eigenvalue weighted by molar-refractivity contribution is -0.142. The van der Waals surface area contributed by atoms with Gasteiger partial charge in [0, 0.05) is 36.8 Å². The number of aromatic nitrogens is 2. The second kappa shape index (κ2) is 8.23. The van der Waals surface area contributed by atoms with E-state index in [4.69, 9.17) is 5.11 Å². The number of aliphatic carboxylic acids is 1. The van der Waals surface area contributed by atoms with E-state index in [-0.39, 0.29) is 29.9 Å². The number of fused-ring (bicyclic) bond motifs is 1. The standard InChI is InChI=1S/C19H27F3N4O2/c1-25(2)15-9-10-26(11-12(15)7-8-16(27)28)18-23-14-6-4-3-5-13(14)17(24-18)19(20,21)22/h12,15H,3-11H2,1-2H3,(H,27,28). The number of piperidine rings is 1. The van der Waals surface area contributed by atoms with Crippen LogP contribution in [-0.4, -0.2) is 59.2 Å². The molecule has 1 aliphatic heterocycles. The molecule has 156 valence electrons. The first-order valence-electron chi connectivity index (χ1n) is 9.77. The molecule has 1 saturated heterocycles. The van der Waals surface area contributed by atoms with Crippen LogP contribution in [0.2, 0.25) is 0 Å². The van der Waals surface area contributed by atoms with Crippen LogP contribution in [0.25, 0.3) is 0 Å². The van der Waals surface area contributed by atoms with E-state index in [2.05, 4.69) is 14.9 Å². The van der Waals surface area contributed by atoms with Crippen LogP contribution in [0, 0.1) is 5.92 Å². The predicted molar refractivity (Wildman–Crippen MR) is 98.3 cm³/mol. The molecule has 6 nitrogen and oxygen atoms in total. The number of carboxylic acid groups (broad SMARTS) is 1. The first-order chi connectivity index (χ1) is 13.2. The molecule has 2 atom stereocenters. The molecule has 9 heteroatoms. The maximum atomic E-state index is 13.6. The molecule has 0 saturated carbocycles. The Bertz CT molecular complexity index is 724. The van der Waals surface area contributed by atoms with Gasteiger partial charge in [0.2, 0.25) is 5.95 Å². The van der Waals surface area contributed by atoms with Crippen LogP contribution in [0.3, 0.4) is 0 Å². The molecule has 3 rings (SSSR count). The van der Waals surface area contributed by atoms with Gasteiger partial charge in [-0.25, -0.2) is 9.97 Å². The summed E-state index contributed by atoms with van der Waals surface area (Å²) >= 11 is 0. The summed E-state index contributed by atoms with van der Waals surface area (Å²) in [6, 6.07) is 0.190. The fourth-order valence-corrected chi connectivity index (χ4v) is 4.43. The van der Waals surface area contributed by atoms with Gasteiger partial charge in [-0.3, -0.25) is 4.79 Å². The summed E-state index contributed by atoms with van der Waals surface area (Å²) in [4.78, 5) is 23.3. The molecule has 1 aromatic rings. The molecular weight excluding hydrogens is 373 g/mol. The maximum Gasteiger partial charge on any atom is 0.433 e. The minimum Gasteiger partial charge on any atom is -0.481 e. The van der Waals surface area contributed by atoms with Crippen LogP contribution in [-0.2, 0) is 23.8 Å². The van der Waals surface area contributed by atoms with Crippen LogP contribution in [0.5, 0.6) is 0 Å². The summed E-state index contributed by atoms with van der Waals surface area (Å²) < 4.78 is 40.8. The van der Waals surface area contributed by atoms with Gasteiger partial charge < -0.3 is 14.9 Å². The molecule has 0 spiro atoms. The van der Waals surface area contributed by atoms with Gasteiger partial charge in [0.1, 0.15) is 0 Å². The van der Waals surface area contributed by atoms with Crippen molar-refractivity contribution in [3.05, 3.63) is 17.0 Å². The molecule has 0 radical (unpaired) electrons. The van der Waals surface area contributed by atoms with E-state index < -0.39 is 17.8 Å². The Labute approximate surface area is 162 Å². The third kappa shape index (κ3) is 4.56. The number of carboxylic acids is 1. The van der Waals surface area contributed by atoms with E-state index in [0.717, 1.165) is 19.3 Å². The van der Waals surface area contributed by atoms with Crippen molar-refractivity contribution in [2.45, 2.75) is 57.2 Å². The van der Waals surface area contributed by atoms with E-state index in [1.165, 1.54) is 0 Å². The van der Waals surface area contributed by atoms with Gasteiger partial charge in [0.25, 0.3) is 0 Å². The number of hydrogen-bond donors (Lipinski definition) is 1. The van der Waals surface area contributed by atoms with Crippen LogP contribution >= 0.6 is 0 Å². The first-order valence-corrected chi connectivity index (χ1v) is 9.77. The first kappa shape index (κ1) is 20.8. The second-order valence-corrected chi connectivity index (χ2v) is 7.96. The summed E-state index contributed by atoms with van der Waals surface area (Å²) in [5.41, 5.74) is -0.0440. The van der Waals surface area contributed by atoms with E-state index in [0.29, 0.717) is 38.0 Å². The van der Waals surface area contributed by atoms with Crippen molar-refractivity contribution in [3.63, 3.8) is 0 Å². The van der Waals surface area contributed by atoms with E-state index in [9.17, 15) is 18.0 Å².